The second kappa shape index (κ2) is 2.24. The Morgan fingerprint density at radius 2 is 1.92 bits per heavy atom. The molecule has 12 heavy (non-hydrogen) atoms. The topological polar surface area (TPSA) is 26.3 Å². The van der Waals surface area contributed by atoms with E-state index in [0.29, 0.717) is 6.42 Å². The molecule has 0 bridgehead atoms. The van der Waals surface area contributed by atoms with Gasteiger partial charge in [0, 0.05) is 5.41 Å². The van der Waals surface area contributed by atoms with Gasteiger partial charge in [0.2, 0.25) is 0 Å². The molecule has 0 radical (unpaired) electrons. The van der Waals surface area contributed by atoms with Gasteiger partial charge in [0.1, 0.15) is 5.60 Å². The second-order valence-electron chi connectivity index (χ2n) is 4.65. The molecule has 2 unspecified atom stereocenters. The van der Waals surface area contributed by atoms with Crippen LogP contribution in [0.25, 0.3) is 0 Å². The number of rotatable bonds is 0. The molecule has 0 aromatic rings. The Labute approximate surface area is 73.3 Å². The van der Waals surface area contributed by atoms with E-state index in [2.05, 4.69) is 13.8 Å². The van der Waals surface area contributed by atoms with Gasteiger partial charge in [0.15, 0.2) is 0 Å². The molecule has 0 aromatic carbocycles. The summed E-state index contributed by atoms with van der Waals surface area (Å²) in [6.45, 7) is 4.29. The van der Waals surface area contributed by atoms with Crippen LogP contribution in [0.15, 0.2) is 0 Å². The molecule has 0 amide bonds. The van der Waals surface area contributed by atoms with Gasteiger partial charge < -0.3 is 4.74 Å². The maximum Gasteiger partial charge on any atom is 0.307 e. The zero-order chi connectivity index (χ0) is 8.82. The van der Waals surface area contributed by atoms with E-state index in [1.807, 2.05) is 0 Å². The standard InChI is InChI=1S/C10H16O2/c1-9-5-3-4-6-10(9,2)12-8(11)7-9/h3-7H2,1-2H3. The minimum Gasteiger partial charge on any atom is -0.459 e. The van der Waals surface area contributed by atoms with Crippen molar-refractivity contribution in [3.63, 3.8) is 0 Å². The molecule has 0 spiro atoms. The summed E-state index contributed by atoms with van der Waals surface area (Å²) in [4.78, 5) is 11.2. The van der Waals surface area contributed by atoms with Crippen molar-refractivity contribution in [1.82, 2.24) is 0 Å². The van der Waals surface area contributed by atoms with Crippen LogP contribution in [0.4, 0.5) is 0 Å². The van der Waals surface area contributed by atoms with Crippen LogP contribution in [-0.2, 0) is 9.53 Å². The summed E-state index contributed by atoms with van der Waals surface area (Å²) in [6.07, 6.45) is 5.29. The van der Waals surface area contributed by atoms with Crippen molar-refractivity contribution in [2.45, 2.75) is 51.6 Å². The maximum atomic E-state index is 11.2. The van der Waals surface area contributed by atoms with Gasteiger partial charge in [-0.15, -0.1) is 0 Å². The highest BCUT2D eigenvalue weighted by atomic mass is 16.6. The molecule has 68 valence electrons. The van der Waals surface area contributed by atoms with Crippen molar-refractivity contribution in [3.8, 4) is 0 Å². The summed E-state index contributed by atoms with van der Waals surface area (Å²) in [5.74, 6) is 0.00176. The minimum absolute atomic E-state index is 0.00176. The Morgan fingerprint density at radius 3 is 2.58 bits per heavy atom. The average molecular weight is 168 g/mol. The van der Waals surface area contributed by atoms with Crippen LogP contribution in [0, 0.1) is 5.41 Å². The molecule has 1 saturated carbocycles. The molecular weight excluding hydrogens is 152 g/mol. The summed E-state index contributed by atoms with van der Waals surface area (Å²) in [5.41, 5.74) is -0.0231. The lowest BCUT2D eigenvalue weighted by atomic mass is 9.65. The first kappa shape index (κ1) is 8.09. The highest BCUT2D eigenvalue weighted by Gasteiger charge is 2.55. The first-order valence-corrected chi connectivity index (χ1v) is 4.78. The molecule has 2 rings (SSSR count). The fourth-order valence-corrected chi connectivity index (χ4v) is 2.60. The number of carbonyl (C=O) groups is 1. The van der Waals surface area contributed by atoms with E-state index < -0.39 is 0 Å². The molecule has 1 aliphatic carbocycles. The van der Waals surface area contributed by atoms with E-state index in [1.54, 1.807) is 0 Å². The van der Waals surface area contributed by atoms with Crippen molar-refractivity contribution < 1.29 is 9.53 Å². The fourth-order valence-electron chi connectivity index (χ4n) is 2.60. The van der Waals surface area contributed by atoms with Crippen LogP contribution in [0.5, 0.6) is 0 Å². The van der Waals surface area contributed by atoms with E-state index in [1.165, 1.54) is 12.8 Å². The van der Waals surface area contributed by atoms with Gasteiger partial charge in [-0.2, -0.15) is 0 Å². The first-order chi connectivity index (χ1) is 5.56. The summed E-state index contributed by atoms with van der Waals surface area (Å²) < 4.78 is 5.42. The van der Waals surface area contributed by atoms with E-state index in [4.69, 9.17) is 4.74 Å². The van der Waals surface area contributed by atoms with Crippen molar-refractivity contribution in [1.29, 1.82) is 0 Å². The molecule has 0 N–H and O–H groups in total. The summed E-state index contributed by atoms with van der Waals surface area (Å²) in [6, 6.07) is 0. The van der Waals surface area contributed by atoms with Crippen molar-refractivity contribution >= 4 is 5.97 Å². The number of carbonyl (C=O) groups excluding carboxylic acids is 1. The Balaban J connectivity index is 2.30. The molecule has 2 heteroatoms. The number of hydrogen-bond donors (Lipinski definition) is 0. The molecule has 2 aliphatic rings. The highest BCUT2D eigenvalue weighted by molar-refractivity contribution is 5.73. The molecule has 1 aliphatic heterocycles. The van der Waals surface area contributed by atoms with E-state index in [0.717, 1.165) is 12.8 Å². The minimum atomic E-state index is -0.150. The second-order valence-corrected chi connectivity index (χ2v) is 4.65. The van der Waals surface area contributed by atoms with Crippen LogP contribution in [0.1, 0.15) is 46.0 Å². The number of ether oxygens (including phenoxy) is 1. The molecule has 1 heterocycles. The smallest absolute Gasteiger partial charge is 0.307 e. The van der Waals surface area contributed by atoms with Gasteiger partial charge in [-0.1, -0.05) is 13.3 Å². The molecule has 2 fully saturated rings. The van der Waals surface area contributed by atoms with E-state index in [-0.39, 0.29) is 17.0 Å². The van der Waals surface area contributed by atoms with Crippen LogP contribution < -0.4 is 0 Å². The predicted molar refractivity (Wildman–Crippen MR) is 45.7 cm³/mol. The number of esters is 1. The van der Waals surface area contributed by atoms with Crippen molar-refractivity contribution in [2.24, 2.45) is 5.41 Å². The van der Waals surface area contributed by atoms with Crippen LogP contribution in [-0.4, -0.2) is 11.6 Å². The molecule has 0 aromatic heterocycles. The largest absolute Gasteiger partial charge is 0.459 e. The van der Waals surface area contributed by atoms with Crippen molar-refractivity contribution in [3.05, 3.63) is 0 Å². The lowest BCUT2D eigenvalue weighted by Crippen LogP contribution is -2.42. The molecule has 1 saturated heterocycles. The van der Waals surface area contributed by atoms with Crippen molar-refractivity contribution in [2.75, 3.05) is 0 Å². The maximum absolute atomic E-state index is 11.2. The first-order valence-electron chi connectivity index (χ1n) is 4.78. The van der Waals surface area contributed by atoms with Gasteiger partial charge in [-0.3, -0.25) is 4.79 Å². The Bertz CT molecular complexity index is 202. The molecule has 2 atom stereocenters. The zero-order valence-corrected chi connectivity index (χ0v) is 7.85. The van der Waals surface area contributed by atoms with Crippen LogP contribution in [0.3, 0.4) is 0 Å². The third-order valence-electron chi connectivity index (χ3n) is 3.78. The summed E-state index contributed by atoms with van der Waals surface area (Å²) in [7, 11) is 0. The zero-order valence-electron chi connectivity index (χ0n) is 7.85. The Morgan fingerprint density at radius 1 is 1.25 bits per heavy atom. The van der Waals surface area contributed by atoms with Crippen LogP contribution >= 0.6 is 0 Å². The number of fused-ring (bicyclic) bond motifs is 1. The Hall–Kier alpha value is -0.530. The van der Waals surface area contributed by atoms with E-state index in [9.17, 15) is 4.79 Å². The highest BCUT2D eigenvalue weighted by Crippen LogP contribution is 2.52. The lowest BCUT2D eigenvalue weighted by molar-refractivity contribution is -0.152. The number of hydrogen-bond acceptors (Lipinski definition) is 2. The van der Waals surface area contributed by atoms with Gasteiger partial charge in [0.25, 0.3) is 0 Å². The van der Waals surface area contributed by atoms with E-state index >= 15 is 0 Å². The normalized spacial score (nSPS) is 47.0. The Kier molecular flexibility index (Phi) is 1.51. The monoisotopic (exact) mass is 168 g/mol. The van der Waals surface area contributed by atoms with Gasteiger partial charge in [-0.05, 0) is 26.2 Å². The average Bonchev–Trinajstić information content (AvgIpc) is 2.18. The lowest BCUT2D eigenvalue weighted by Gasteiger charge is -2.42. The summed E-state index contributed by atoms with van der Waals surface area (Å²) in [5, 5.41) is 0. The summed E-state index contributed by atoms with van der Waals surface area (Å²) >= 11 is 0. The van der Waals surface area contributed by atoms with Crippen LogP contribution in [0.2, 0.25) is 0 Å². The predicted octanol–water partition coefficient (Wildman–Crippen LogP) is 2.27. The third kappa shape index (κ3) is 0.900. The molecule has 2 nitrogen and oxygen atoms in total. The van der Waals surface area contributed by atoms with Gasteiger partial charge in [-0.25, -0.2) is 0 Å². The van der Waals surface area contributed by atoms with Gasteiger partial charge >= 0.3 is 5.97 Å². The SMILES string of the molecule is CC12CCCCC1(C)OC(=O)C2. The quantitative estimate of drug-likeness (QED) is 0.519. The third-order valence-corrected chi connectivity index (χ3v) is 3.78. The molecular formula is C10H16O2. The fraction of sp³-hybridized carbons (Fsp3) is 0.900. The van der Waals surface area contributed by atoms with Gasteiger partial charge in [0.05, 0.1) is 6.42 Å².